The Balaban J connectivity index is 1.89. The van der Waals surface area contributed by atoms with Gasteiger partial charge >= 0.3 is 0 Å². The zero-order valence-electron chi connectivity index (χ0n) is 16.9. The molecule has 29 heavy (non-hydrogen) atoms. The third kappa shape index (κ3) is 3.99. The maximum atomic E-state index is 13.5. The fraction of sp³-hybridized carbons (Fsp3) is 0.200. The Hall–Kier alpha value is -2.85. The Morgan fingerprint density at radius 2 is 1.72 bits per heavy atom. The quantitative estimate of drug-likeness (QED) is 0.299. The Kier molecular flexibility index (Phi) is 5.54. The monoisotopic (exact) mass is 400 g/mol. The lowest BCUT2D eigenvalue weighted by atomic mass is 10.0. The van der Waals surface area contributed by atoms with Crippen LogP contribution in [0.4, 0.5) is 0 Å². The summed E-state index contributed by atoms with van der Waals surface area (Å²) in [6.07, 6.45) is 0. The van der Waals surface area contributed by atoms with Crippen molar-refractivity contribution in [3.05, 3.63) is 99.8 Å². The molecule has 0 saturated heterocycles. The van der Waals surface area contributed by atoms with Crippen molar-refractivity contribution in [3.63, 3.8) is 0 Å². The number of aromatic nitrogens is 2. The molecule has 0 bridgehead atoms. The third-order valence-corrected chi connectivity index (χ3v) is 6.00. The second kappa shape index (κ2) is 8.26. The lowest BCUT2D eigenvalue weighted by Crippen LogP contribution is -2.23. The molecule has 0 aliphatic rings. The number of thioether (sulfide) groups is 1. The fourth-order valence-electron chi connectivity index (χ4n) is 3.55. The van der Waals surface area contributed by atoms with Gasteiger partial charge in [0.1, 0.15) is 0 Å². The Labute approximate surface area is 175 Å². The Bertz CT molecular complexity index is 1230. The van der Waals surface area contributed by atoms with Gasteiger partial charge in [0, 0.05) is 5.75 Å². The van der Waals surface area contributed by atoms with Crippen molar-refractivity contribution < 1.29 is 0 Å². The maximum Gasteiger partial charge on any atom is 0.266 e. The van der Waals surface area contributed by atoms with E-state index >= 15 is 0 Å². The second-order valence-electron chi connectivity index (χ2n) is 7.54. The van der Waals surface area contributed by atoms with Crippen LogP contribution in [0.2, 0.25) is 0 Å². The second-order valence-corrected chi connectivity index (χ2v) is 8.49. The molecule has 0 aliphatic heterocycles. The van der Waals surface area contributed by atoms with Crippen molar-refractivity contribution in [2.45, 2.75) is 37.6 Å². The van der Waals surface area contributed by atoms with Gasteiger partial charge in [0.25, 0.3) is 5.56 Å². The number of para-hydroxylation sites is 2. The standard InChI is InChI=1S/C25H24N2OS/c1-17(2)20-11-5-7-14-23(20)27-24(28)21-12-4-6-13-22(21)26-25(27)29-16-19-10-8-9-18(3)15-19/h4-15,17H,16H2,1-3H3. The molecule has 3 nitrogen and oxygen atoms in total. The first-order chi connectivity index (χ1) is 14.0. The number of benzene rings is 3. The third-order valence-electron chi connectivity index (χ3n) is 5.00. The van der Waals surface area contributed by atoms with Crippen molar-refractivity contribution in [1.82, 2.24) is 9.55 Å². The molecular weight excluding hydrogens is 376 g/mol. The molecule has 0 N–H and O–H groups in total. The molecule has 3 aromatic carbocycles. The van der Waals surface area contributed by atoms with Crippen LogP contribution in [0, 0.1) is 6.92 Å². The van der Waals surface area contributed by atoms with E-state index in [1.807, 2.05) is 42.5 Å². The van der Waals surface area contributed by atoms with Crippen LogP contribution in [0.15, 0.2) is 82.7 Å². The van der Waals surface area contributed by atoms with Crippen molar-refractivity contribution in [2.24, 2.45) is 0 Å². The zero-order chi connectivity index (χ0) is 20.4. The molecule has 0 unspecified atom stereocenters. The summed E-state index contributed by atoms with van der Waals surface area (Å²) in [7, 11) is 0. The topological polar surface area (TPSA) is 34.9 Å². The first-order valence-corrected chi connectivity index (χ1v) is 10.8. The number of aryl methyl sites for hydroxylation is 1. The van der Waals surface area contributed by atoms with Crippen molar-refractivity contribution in [2.75, 3.05) is 0 Å². The summed E-state index contributed by atoms with van der Waals surface area (Å²) >= 11 is 1.60. The molecule has 0 radical (unpaired) electrons. The van der Waals surface area contributed by atoms with Crippen LogP contribution < -0.4 is 5.56 Å². The van der Waals surface area contributed by atoms with Gasteiger partial charge < -0.3 is 0 Å². The van der Waals surface area contributed by atoms with E-state index in [2.05, 4.69) is 51.1 Å². The van der Waals surface area contributed by atoms with Crippen LogP contribution in [-0.2, 0) is 5.75 Å². The first-order valence-electron chi connectivity index (χ1n) is 9.84. The number of hydrogen-bond donors (Lipinski definition) is 0. The molecule has 0 spiro atoms. The summed E-state index contributed by atoms with van der Waals surface area (Å²) in [6.45, 7) is 6.40. The van der Waals surface area contributed by atoms with Gasteiger partial charge in [0.2, 0.25) is 0 Å². The maximum absolute atomic E-state index is 13.5. The smallest absolute Gasteiger partial charge is 0.266 e. The predicted octanol–water partition coefficient (Wildman–Crippen LogP) is 6.11. The fourth-order valence-corrected chi connectivity index (χ4v) is 4.50. The largest absolute Gasteiger partial charge is 0.268 e. The van der Waals surface area contributed by atoms with E-state index in [0.717, 1.165) is 27.7 Å². The summed E-state index contributed by atoms with van der Waals surface area (Å²) in [6, 6.07) is 24.2. The van der Waals surface area contributed by atoms with E-state index in [1.165, 1.54) is 11.1 Å². The molecule has 1 heterocycles. The molecule has 4 heteroatoms. The van der Waals surface area contributed by atoms with Gasteiger partial charge in [-0.25, -0.2) is 4.98 Å². The van der Waals surface area contributed by atoms with Crippen LogP contribution in [0.1, 0.15) is 36.5 Å². The highest BCUT2D eigenvalue weighted by Crippen LogP contribution is 2.28. The molecule has 0 aliphatic carbocycles. The van der Waals surface area contributed by atoms with Gasteiger partial charge in [-0.05, 0) is 42.2 Å². The van der Waals surface area contributed by atoms with Crippen LogP contribution >= 0.6 is 11.8 Å². The van der Waals surface area contributed by atoms with Crippen molar-refractivity contribution in [1.29, 1.82) is 0 Å². The molecule has 1 aromatic heterocycles. The summed E-state index contributed by atoms with van der Waals surface area (Å²) in [5, 5.41) is 1.37. The Morgan fingerprint density at radius 3 is 2.52 bits per heavy atom. The van der Waals surface area contributed by atoms with E-state index < -0.39 is 0 Å². The van der Waals surface area contributed by atoms with E-state index in [0.29, 0.717) is 11.3 Å². The molecule has 0 amide bonds. The van der Waals surface area contributed by atoms with E-state index in [4.69, 9.17) is 4.98 Å². The van der Waals surface area contributed by atoms with E-state index in [9.17, 15) is 4.79 Å². The molecule has 4 aromatic rings. The summed E-state index contributed by atoms with van der Waals surface area (Å²) in [5.41, 5.74) is 5.23. The first kappa shape index (κ1) is 19.5. The van der Waals surface area contributed by atoms with Gasteiger partial charge in [-0.2, -0.15) is 0 Å². The lowest BCUT2D eigenvalue weighted by molar-refractivity contribution is 0.780. The Morgan fingerprint density at radius 1 is 0.966 bits per heavy atom. The van der Waals surface area contributed by atoms with Crippen molar-refractivity contribution >= 4 is 22.7 Å². The highest BCUT2D eigenvalue weighted by molar-refractivity contribution is 7.98. The number of hydrogen-bond acceptors (Lipinski definition) is 3. The van der Waals surface area contributed by atoms with E-state index in [-0.39, 0.29) is 5.56 Å². The molecule has 0 saturated carbocycles. The molecule has 0 fully saturated rings. The summed E-state index contributed by atoms with van der Waals surface area (Å²) in [4.78, 5) is 18.4. The van der Waals surface area contributed by atoms with Crippen molar-refractivity contribution in [3.8, 4) is 5.69 Å². The minimum atomic E-state index is -0.0181. The van der Waals surface area contributed by atoms with Gasteiger partial charge in [0.15, 0.2) is 5.16 Å². The minimum Gasteiger partial charge on any atom is -0.268 e. The average Bonchev–Trinajstić information content (AvgIpc) is 2.72. The van der Waals surface area contributed by atoms with Crippen LogP contribution in [0.5, 0.6) is 0 Å². The van der Waals surface area contributed by atoms with E-state index in [1.54, 1.807) is 16.3 Å². The zero-order valence-corrected chi connectivity index (χ0v) is 17.7. The molecule has 4 rings (SSSR count). The average molecular weight is 401 g/mol. The SMILES string of the molecule is Cc1cccc(CSc2nc3ccccc3c(=O)n2-c2ccccc2C(C)C)c1. The highest BCUT2D eigenvalue weighted by atomic mass is 32.2. The summed E-state index contributed by atoms with van der Waals surface area (Å²) < 4.78 is 1.79. The number of rotatable bonds is 5. The van der Waals surface area contributed by atoms with Crippen LogP contribution in [0.25, 0.3) is 16.6 Å². The molecule has 146 valence electrons. The van der Waals surface area contributed by atoms with Gasteiger partial charge in [-0.3, -0.25) is 9.36 Å². The number of fused-ring (bicyclic) bond motifs is 1. The minimum absolute atomic E-state index is 0.0181. The summed E-state index contributed by atoms with van der Waals surface area (Å²) in [5.74, 6) is 1.07. The molecular formula is C25H24N2OS. The number of nitrogens with zero attached hydrogens (tertiary/aromatic N) is 2. The van der Waals surface area contributed by atoms with Gasteiger partial charge in [0.05, 0.1) is 16.6 Å². The lowest BCUT2D eigenvalue weighted by Gasteiger charge is -2.18. The van der Waals surface area contributed by atoms with Gasteiger partial charge in [-0.15, -0.1) is 0 Å². The van der Waals surface area contributed by atoms with Crippen LogP contribution in [-0.4, -0.2) is 9.55 Å². The normalized spacial score (nSPS) is 11.3. The predicted molar refractivity (Wildman–Crippen MR) is 122 cm³/mol. The molecule has 0 atom stereocenters. The van der Waals surface area contributed by atoms with Gasteiger partial charge in [-0.1, -0.05) is 85.8 Å². The highest BCUT2D eigenvalue weighted by Gasteiger charge is 2.17. The van der Waals surface area contributed by atoms with Crippen LogP contribution in [0.3, 0.4) is 0 Å².